The predicted octanol–water partition coefficient (Wildman–Crippen LogP) is 0.694. The largest absolute Gasteiger partial charge is 0.398 e. The molecule has 0 saturated carbocycles. The summed E-state index contributed by atoms with van der Waals surface area (Å²) >= 11 is 0. The van der Waals surface area contributed by atoms with E-state index in [2.05, 4.69) is 5.32 Å². The van der Waals surface area contributed by atoms with E-state index in [1.165, 1.54) is 0 Å². The maximum atomic E-state index is 11.7. The van der Waals surface area contributed by atoms with Crippen LogP contribution in [0.15, 0.2) is 18.2 Å². The van der Waals surface area contributed by atoms with Gasteiger partial charge in [-0.15, -0.1) is 0 Å². The van der Waals surface area contributed by atoms with E-state index >= 15 is 0 Å². The summed E-state index contributed by atoms with van der Waals surface area (Å²) in [5.41, 5.74) is 8.51. The van der Waals surface area contributed by atoms with Gasteiger partial charge >= 0.3 is 0 Å². The van der Waals surface area contributed by atoms with Crippen molar-refractivity contribution in [2.75, 3.05) is 25.1 Å². The highest BCUT2D eigenvalue weighted by Crippen LogP contribution is 2.28. The summed E-state index contributed by atoms with van der Waals surface area (Å²) in [4.78, 5) is 13.6. The van der Waals surface area contributed by atoms with Crippen molar-refractivity contribution in [2.45, 2.75) is 12.5 Å². The zero-order chi connectivity index (χ0) is 11.0. The molecule has 0 aromatic heterocycles. The quantitative estimate of drug-likeness (QED) is 0.663. The molecule has 0 radical (unpaired) electrons. The van der Waals surface area contributed by atoms with Crippen molar-refractivity contribution in [1.82, 2.24) is 4.90 Å². The minimum Gasteiger partial charge on any atom is -0.398 e. The number of anilines is 2. The van der Waals surface area contributed by atoms with Crippen molar-refractivity contribution in [2.24, 2.45) is 0 Å². The first-order valence-corrected chi connectivity index (χ1v) is 4.94. The minimum atomic E-state index is -0.123. The second-order valence-electron chi connectivity index (χ2n) is 4.05. The van der Waals surface area contributed by atoms with Gasteiger partial charge in [-0.3, -0.25) is 9.69 Å². The lowest BCUT2D eigenvalue weighted by Gasteiger charge is -2.29. The second kappa shape index (κ2) is 3.55. The highest BCUT2D eigenvalue weighted by molar-refractivity contribution is 5.99. The Labute approximate surface area is 89.1 Å². The molecule has 1 amide bonds. The van der Waals surface area contributed by atoms with Gasteiger partial charge in [-0.1, -0.05) is 6.07 Å². The zero-order valence-electron chi connectivity index (χ0n) is 8.95. The second-order valence-corrected chi connectivity index (χ2v) is 4.05. The van der Waals surface area contributed by atoms with Crippen LogP contribution in [0.3, 0.4) is 0 Å². The highest BCUT2D eigenvalue weighted by atomic mass is 16.2. The van der Waals surface area contributed by atoms with Crippen LogP contribution < -0.4 is 11.1 Å². The highest BCUT2D eigenvalue weighted by Gasteiger charge is 2.28. The van der Waals surface area contributed by atoms with Gasteiger partial charge in [0.15, 0.2) is 0 Å². The summed E-state index contributed by atoms with van der Waals surface area (Å²) in [6.07, 6.45) is 0.681. The van der Waals surface area contributed by atoms with Crippen LogP contribution in [0, 0.1) is 0 Å². The molecule has 1 heterocycles. The number of fused-ring (bicyclic) bond motifs is 1. The molecule has 2 rings (SSSR count). The third kappa shape index (κ3) is 1.68. The number of benzene rings is 1. The Morgan fingerprint density at radius 2 is 2.20 bits per heavy atom. The van der Waals surface area contributed by atoms with E-state index < -0.39 is 0 Å². The van der Waals surface area contributed by atoms with Crippen LogP contribution in [-0.4, -0.2) is 30.9 Å². The molecule has 1 aliphatic heterocycles. The van der Waals surface area contributed by atoms with Gasteiger partial charge in [0.05, 0.1) is 6.04 Å². The van der Waals surface area contributed by atoms with Gasteiger partial charge < -0.3 is 11.1 Å². The van der Waals surface area contributed by atoms with Gasteiger partial charge in [0.25, 0.3) is 0 Å². The summed E-state index contributed by atoms with van der Waals surface area (Å²) in [5.74, 6) is 0.0399. The van der Waals surface area contributed by atoms with Crippen LogP contribution >= 0.6 is 0 Å². The number of nitrogens with two attached hydrogens (primary N) is 1. The van der Waals surface area contributed by atoms with Crippen molar-refractivity contribution in [3.8, 4) is 0 Å². The molecule has 1 atom stereocenters. The van der Waals surface area contributed by atoms with Crippen LogP contribution in [0.2, 0.25) is 0 Å². The molecule has 0 aliphatic carbocycles. The first kappa shape index (κ1) is 9.98. The van der Waals surface area contributed by atoms with Gasteiger partial charge in [0, 0.05) is 23.4 Å². The standard InChI is InChI=1S/C11H15N3O/c1-14(2)10-6-7-8(12)4-3-5-9(7)13-11(10)15/h3-5,10H,6,12H2,1-2H3,(H,13,15). The number of nitrogens with zero attached hydrogens (tertiary/aromatic N) is 1. The topological polar surface area (TPSA) is 58.4 Å². The van der Waals surface area contributed by atoms with Crippen LogP contribution in [-0.2, 0) is 11.2 Å². The molecule has 0 fully saturated rings. The van der Waals surface area contributed by atoms with Gasteiger partial charge in [-0.25, -0.2) is 0 Å². The van der Waals surface area contributed by atoms with Crippen molar-refractivity contribution < 1.29 is 4.79 Å². The summed E-state index contributed by atoms with van der Waals surface area (Å²) in [5, 5.41) is 2.87. The fourth-order valence-corrected chi connectivity index (χ4v) is 1.87. The fourth-order valence-electron chi connectivity index (χ4n) is 1.87. The Morgan fingerprint density at radius 3 is 2.87 bits per heavy atom. The van der Waals surface area contributed by atoms with Crippen molar-refractivity contribution in [3.63, 3.8) is 0 Å². The van der Waals surface area contributed by atoms with E-state index in [1.54, 1.807) is 0 Å². The number of rotatable bonds is 1. The Balaban J connectivity index is 2.39. The lowest BCUT2D eigenvalue weighted by atomic mass is 9.97. The Kier molecular flexibility index (Phi) is 2.36. The molecule has 1 unspecified atom stereocenters. The average molecular weight is 205 g/mol. The van der Waals surface area contributed by atoms with Crippen LogP contribution in [0.1, 0.15) is 5.56 Å². The molecular weight excluding hydrogens is 190 g/mol. The molecule has 1 aromatic carbocycles. The summed E-state index contributed by atoms with van der Waals surface area (Å²) in [6.45, 7) is 0. The number of carbonyl (C=O) groups is 1. The van der Waals surface area contributed by atoms with Crippen molar-refractivity contribution in [3.05, 3.63) is 23.8 Å². The Hall–Kier alpha value is -1.55. The molecule has 4 nitrogen and oxygen atoms in total. The number of likely N-dealkylation sites (N-methyl/N-ethyl adjacent to an activating group) is 1. The lowest BCUT2D eigenvalue weighted by Crippen LogP contribution is -2.44. The first-order chi connectivity index (χ1) is 7.09. The van der Waals surface area contributed by atoms with Crippen molar-refractivity contribution >= 4 is 17.3 Å². The predicted molar refractivity (Wildman–Crippen MR) is 60.7 cm³/mol. The van der Waals surface area contributed by atoms with Crippen LogP contribution in [0.5, 0.6) is 0 Å². The van der Waals surface area contributed by atoms with E-state index in [4.69, 9.17) is 5.73 Å². The molecule has 1 aliphatic rings. The molecule has 0 spiro atoms. The molecular formula is C11H15N3O. The lowest BCUT2D eigenvalue weighted by molar-refractivity contribution is -0.120. The number of nitrogen functional groups attached to an aromatic ring is 1. The monoisotopic (exact) mass is 205 g/mol. The van der Waals surface area contributed by atoms with E-state index in [0.717, 1.165) is 16.9 Å². The summed E-state index contributed by atoms with van der Waals surface area (Å²) in [7, 11) is 3.79. The molecule has 0 saturated heterocycles. The number of nitrogens with one attached hydrogen (secondary N) is 1. The van der Waals surface area contributed by atoms with E-state index in [9.17, 15) is 4.79 Å². The number of carbonyl (C=O) groups excluding carboxylic acids is 1. The summed E-state index contributed by atoms with van der Waals surface area (Å²) in [6, 6.07) is 5.48. The van der Waals surface area contributed by atoms with E-state index in [0.29, 0.717) is 6.42 Å². The maximum absolute atomic E-state index is 11.7. The van der Waals surface area contributed by atoms with Crippen LogP contribution in [0.4, 0.5) is 11.4 Å². The minimum absolute atomic E-state index is 0.0399. The SMILES string of the molecule is CN(C)C1Cc2c(N)cccc2NC1=O. The zero-order valence-corrected chi connectivity index (χ0v) is 8.95. The molecule has 4 heteroatoms. The molecule has 15 heavy (non-hydrogen) atoms. The normalized spacial score (nSPS) is 19.9. The van der Waals surface area contributed by atoms with Gasteiger partial charge in [-0.2, -0.15) is 0 Å². The molecule has 1 aromatic rings. The number of hydrogen-bond acceptors (Lipinski definition) is 3. The third-order valence-corrected chi connectivity index (χ3v) is 2.79. The van der Waals surface area contributed by atoms with E-state index in [-0.39, 0.29) is 11.9 Å². The van der Waals surface area contributed by atoms with Gasteiger partial charge in [0.2, 0.25) is 5.91 Å². The number of hydrogen-bond donors (Lipinski definition) is 2. The number of amides is 1. The smallest absolute Gasteiger partial charge is 0.242 e. The maximum Gasteiger partial charge on any atom is 0.242 e. The Bertz CT molecular complexity index is 401. The van der Waals surface area contributed by atoms with Crippen molar-refractivity contribution in [1.29, 1.82) is 0 Å². The summed E-state index contributed by atoms with van der Waals surface area (Å²) < 4.78 is 0. The fraction of sp³-hybridized carbons (Fsp3) is 0.364. The van der Waals surface area contributed by atoms with Crippen LogP contribution in [0.25, 0.3) is 0 Å². The van der Waals surface area contributed by atoms with Gasteiger partial charge in [0.1, 0.15) is 0 Å². The van der Waals surface area contributed by atoms with Gasteiger partial charge in [-0.05, 0) is 26.2 Å². The Morgan fingerprint density at radius 1 is 1.47 bits per heavy atom. The average Bonchev–Trinajstić information content (AvgIpc) is 2.16. The third-order valence-electron chi connectivity index (χ3n) is 2.79. The first-order valence-electron chi connectivity index (χ1n) is 4.94. The molecule has 3 N–H and O–H groups in total. The van der Waals surface area contributed by atoms with E-state index in [1.807, 2.05) is 37.2 Å². The molecule has 0 bridgehead atoms. The molecule has 80 valence electrons.